The van der Waals surface area contributed by atoms with Gasteiger partial charge in [0.1, 0.15) is 6.04 Å². The van der Waals surface area contributed by atoms with Gasteiger partial charge in [0.15, 0.2) is 0 Å². The van der Waals surface area contributed by atoms with Gasteiger partial charge in [-0.1, -0.05) is 36.4 Å². The number of carbonyl (C=O) groups excluding carboxylic acids is 1. The lowest BCUT2D eigenvalue weighted by Crippen LogP contribution is -2.51. The smallest absolute Gasteiger partial charge is 0.332 e. The van der Waals surface area contributed by atoms with Crippen LogP contribution in [0.15, 0.2) is 54.9 Å². The maximum atomic E-state index is 13.4. The number of pyridine rings is 1. The van der Waals surface area contributed by atoms with Gasteiger partial charge >= 0.3 is 6.18 Å². The molecule has 0 bridgehead atoms. The minimum Gasteiger partial charge on any atom is -0.332 e. The Morgan fingerprint density at radius 1 is 1.21 bits per heavy atom. The van der Waals surface area contributed by atoms with E-state index in [1.54, 1.807) is 41.6 Å². The number of alkyl halides is 3. The monoisotopic (exact) mass is 450 g/mol. The van der Waals surface area contributed by atoms with Crippen LogP contribution in [-0.4, -0.2) is 48.1 Å². The van der Waals surface area contributed by atoms with Crippen molar-refractivity contribution in [1.82, 2.24) is 20.5 Å². The molecule has 0 radical (unpaired) electrons. The first-order valence-corrected chi connectivity index (χ1v) is 8.72. The molecule has 1 aliphatic rings. The molecular weight excluding hydrogens is 428 g/mol. The molecular formula is C19H23Cl2F3N4O. The highest BCUT2D eigenvalue weighted by molar-refractivity contribution is 5.85. The molecule has 1 aromatic carbocycles. The van der Waals surface area contributed by atoms with Gasteiger partial charge in [0, 0.05) is 32.0 Å². The van der Waals surface area contributed by atoms with Crippen molar-refractivity contribution in [2.45, 2.75) is 18.3 Å². The number of amides is 1. The van der Waals surface area contributed by atoms with E-state index in [9.17, 15) is 18.0 Å². The highest BCUT2D eigenvalue weighted by atomic mass is 35.5. The molecule has 0 saturated carbocycles. The molecule has 29 heavy (non-hydrogen) atoms. The van der Waals surface area contributed by atoms with Gasteiger partial charge in [0.2, 0.25) is 5.91 Å². The van der Waals surface area contributed by atoms with Crippen LogP contribution < -0.4 is 10.6 Å². The molecule has 0 aliphatic carbocycles. The molecule has 2 N–H and O–H groups in total. The minimum atomic E-state index is -4.49. The van der Waals surface area contributed by atoms with Gasteiger partial charge in [0.05, 0.1) is 12.6 Å². The number of benzene rings is 1. The Labute approximate surface area is 179 Å². The van der Waals surface area contributed by atoms with Crippen molar-refractivity contribution in [3.63, 3.8) is 0 Å². The molecule has 2 unspecified atom stereocenters. The lowest BCUT2D eigenvalue weighted by Gasteiger charge is -2.37. The number of piperazine rings is 1. The number of carbonyl (C=O) groups is 1. The number of rotatable bonds is 5. The first kappa shape index (κ1) is 25.2. The molecule has 2 heterocycles. The van der Waals surface area contributed by atoms with Crippen LogP contribution in [0.25, 0.3) is 0 Å². The molecule has 1 aromatic heterocycles. The van der Waals surface area contributed by atoms with E-state index in [1.165, 1.54) is 12.1 Å². The number of aromatic nitrogens is 1. The fourth-order valence-corrected chi connectivity index (χ4v) is 3.23. The molecule has 3 rings (SSSR count). The summed E-state index contributed by atoms with van der Waals surface area (Å²) in [6, 6.07) is 9.06. The maximum Gasteiger partial charge on any atom is 0.407 e. The number of nitrogens with zero attached hydrogens (tertiary/aromatic N) is 2. The standard InChI is InChI=1S/C19H21F3N4O.2ClH/c20-19(21,22)18(14-5-2-1-3-6-14)25-13-17(27)26-10-9-24-12-16(26)15-7-4-8-23-11-15;;/h1-8,11,16,18,24-25H,9-10,12-13H2;2*1H. The number of nitrogens with one attached hydrogen (secondary N) is 2. The van der Waals surface area contributed by atoms with E-state index in [1.807, 2.05) is 6.07 Å². The molecule has 2 atom stereocenters. The van der Waals surface area contributed by atoms with Crippen LogP contribution in [0.5, 0.6) is 0 Å². The van der Waals surface area contributed by atoms with Crippen molar-refractivity contribution in [3.8, 4) is 0 Å². The number of hydrogen-bond donors (Lipinski definition) is 2. The molecule has 1 amide bonds. The summed E-state index contributed by atoms with van der Waals surface area (Å²) in [5.74, 6) is -0.365. The normalized spacial score (nSPS) is 17.6. The van der Waals surface area contributed by atoms with Crippen LogP contribution in [0.2, 0.25) is 0 Å². The van der Waals surface area contributed by atoms with Crippen molar-refractivity contribution < 1.29 is 18.0 Å². The van der Waals surface area contributed by atoms with Crippen LogP contribution in [0.4, 0.5) is 13.2 Å². The quantitative estimate of drug-likeness (QED) is 0.733. The second-order valence-electron chi connectivity index (χ2n) is 6.36. The summed E-state index contributed by atoms with van der Waals surface area (Å²) >= 11 is 0. The second-order valence-corrected chi connectivity index (χ2v) is 6.36. The van der Waals surface area contributed by atoms with Gasteiger partial charge in [-0.25, -0.2) is 0 Å². The predicted molar refractivity (Wildman–Crippen MR) is 109 cm³/mol. The van der Waals surface area contributed by atoms with E-state index in [4.69, 9.17) is 0 Å². The molecule has 5 nitrogen and oxygen atoms in total. The number of halogens is 5. The zero-order chi connectivity index (χ0) is 19.3. The molecule has 0 spiro atoms. The Hall–Kier alpha value is -1.87. The van der Waals surface area contributed by atoms with Crippen molar-refractivity contribution in [3.05, 3.63) is 66.0 Å². The van der Waals surface area contributed by atoms with E-state index in [2.05, 4.69) is 15.6 Å². The lowest BCUT2D eigenvalue weighted by atomic mass is 10.0. The molecule has 160 valence electrons. The fraction of sp³-hybridized carbons (Fsp3) is 0.368. The first-order chi connectivity index (χ1) is 13.0. The SMILES string of the molecule is Cl.Cl.O=C(CNC(c1ccccc1)C(F)(F)F)N1CCNCC1c1cccnc1. The zero-order valence-electron chi connectivity index (χ0n) is 15.4. The van der Waals surface area contributed by atoms with Gasteiger partial charge in [-0.05, 0) is 17.2 Å². The zero-order valence-corrected chi connectivity index (χ0v) is 17.1. The molecule has 1 aliphatic heterocycles. The summed E-state index contributed by atoms with van der Waals surface area (Å²) in [7, 11) is 0. The van der Waals surface area contributed by atoms with Crippen molar-refractivity contribution in [2.24, 2.45) is 0 Å². The summed E-state index contributed by atoms with van der Waals surface area (Å²) < 4.78 is 40.3. The van der Waals surface area contributed by atoms with Gasteiger partial charge in [0.25, 0.3) is 0 Å². The minimum absolute atomic E-state index is 0. The fourth-order valence-electron chi connectivity index (χ4n) is 3.23. The first-order valence-electron chi connectivity index (χ1n) is 8.72. The molecule has 10 heteroatoms. The van der Waals surface area contributed by atoms with Crippen molar-refractivity contribution >= 4 is 30.7 Å². The summed E-state index contributed by atoms with van der Waals surface area (Å²) in [5, 5.41) is 5.60. The lowest BCUT2D eigenvalue weighted by molar-refractivity contribution is -0.159. The second kappa shape index (κ2) is 11.3. The Morgan fingerprint density at radius 2 is 1.93 bits per heavy atom. The summed E-state index contributed by atoms with van der Waals surface area (Å²) in [6.07, 6.45) is -1.18. The highest BCUT2D eigenvalue weighted by Crippen LogP contribution is 2.32. The molecule has 1 saturated heterocycles. The van der Waals surface area contributed by atoms with Crippen LogP contribution >= 0.6 is 24.8 Å². The van der Waals surface area contributed by atoms with Gasteiger partial charge in [-0.15, -0.1) is 24.8 Å². The van der Waals surface area contributed by atoms with E-state index >= 15 is 0 Å². The van der Waals surface area contributed by atoms with E-state index in [0.29, 0.717) is 19.6 Å². The summed E-state index contributed by atoms with van der Waals surface area (Å²) in [6.45, 7) is 1.18. The topological polar surface area (TPSA) is 57.3 Å². The average molecular weight is 451 g/mol. The van der Waals surface area contributed by atoms with Crippen LogP contribution in [0.3, 0.4) is 0 Å². The average Bonchev–Trinajstić information content (AvgIpc) is 2.68. The maximum absolute atomic E-state index is 13.4. The van der Waals surface area contributed by atoms with E-state index in [-0.39, 0.29) is 42.3 Å². The van der Waals surface area contributed by atoms with Crippen molar-refractivity contribution in [1.29, 1.82) is 0 Å². The van der Waals surface area contributed by atoms with Crippen LogP contribution in [0.1, 0.15) is 23.2 Å². The molecule has 1 fully saturated rings. The largest absolute Gasteiger partial charge is 0.407 e. The highest BCUT2D eigenvalue weighted by Gasteiger charge is 2.41. The van der Waals surface area contributed by atoms with Gasteiger partial charge in [-0.2, -0.15) is 13.2 Å². The Bertz CT molecular complexity index is 750. The third-order valence-electron chi connectivity index (χ3n) is 4.55. The van der Waals surface area contributed by atoms with Gasteiger partial charge < -0.3 is 10.2 Å². The summed E-state index contributed by atoms with van der Waals surface area (Å²) in [4.78, 5) is 18.4. The third-order valence-corrected chi connectivity index (χ3v) is 4.55. The predicted octanol–water partition coefficient (Wildman–Crippen LogP) is 3.29. The third kappa shape index (κ3) is 6.57. The van der Waals surface area contributed by atoms with E-state index in [0.717, 1.165) is 5.56 Å². The van der Waals surface area contributed by atoms with Crippen LogP contribution in [-0.2, 0) is 4.79 Å². The number of hydrogen-bond acceptors (Lipinski definition) is 4. The van der Waals surface area contributed by atoms with Crippen molar-refractivity contribution in [2.75, 3.05) is 26.2 Å². The Morgan fingerprint density at radius 3 is 2.55 bits per heavy atom. The van der Waals surface area contributed by atoms with E-state index < -0.39 is 18.8 Å². The summed E-state index contributed by atoms with van der Waals surface area (Å²) in [5.41, 5.74) is 0.940. The Balaban J connectivity index is 0.00000210. The Kier molecular flexibility index (Phi) is 9.85. The van der Waals surface area contributed by atoms with Crippen LogP contribution in [0, 0.1) is 0 Å². The molecule has 2 aromatic rings. The van der Waals surface area contributed by atoms with Gasteiger partial charge in [-0.3, -0.25) is 15.1 Å².